The molecule has 1 aromatic carbocycles. The third kappa shape index (κ3) is 5.62. The van der Waals surface area contributed by atoms with E-state index in [0.717, 1.165) is 17.3 Å². The summed E-state index contributed by atoms with van der Waals surface area (Å²) in [6.45, 7) is 4.05. The van der Waals surface area contributed by atoms with Crippen molar-refractivity contribution >= 4 is 17.5 Å². The van der Waals surface area contributed by atoms with E-state index in [1.807, 2.05) is 44.2 Å². The number of nitrogens with one attached hydrogen (secondary N) is 2. The summed E-state index contributed by atoms with van der Waals surface area (Å²) in [5.41, 5.74) is 0.982. The fraction of sp³-hybridized carbons (Fsp3) is 0.500. The molecule has 1 fully saturated rings. The highest BCUT2D eigenvalue weighted by Crippen LogP contribution is 2.22. The van der Waals surface area contributed by atoms with Gasteiger partial charge in [-0.05, 0) is 57.0 Å². The number of nitrogens with zero attached hydrogens (tertiary/aromatic N) is 2. The molecule has 0 aliphatic heterocycles. The second-order valence-corrected chi connectivity index (χ2v) is 6.91. The average Bonchev–Trinajstić information content (AvgIpc) is 2.85. The molecule has 0 unspecified atom stereocenters. The van der Waals surface area contributed by atoms with E-state index in [-0.39, 0.29) is 6.10 Å². The highest BCUT2D eigenvalue weighted by atomic mass is 16.5. The largest absolute Gasteiger partial charge is 0.491 e. The number of hydrogen-bond acceptors (Lipinski definition) is 5. The van der Waals surface area contributed by atoms with Gasteiger partial charge in [0.25, 0.3) is 0 Å². The standard InChI is InChI=1S/C20H28N4O/c1-15(2)25-18-11-9-17(10-12-18)22-19-13-14-21-20(24-19)23-16-7-5-3-4-6-8-16/h9-16H,3-8H2,1-2H3,(H2,21,22,23,24). The third-order valence-electron chi connectivity index (χ3n) is 4.34. The molecule has 5 nitrogen and oxygen atoms in total. The summed E-state index contributed by atoms with van der Waals surface area (Å²) in [4.78, 5) is 8.97. The molecule has 0 saturated heterocycles. The molecule has 25 heavy (non-hydrogen) atoms. The minimum absolute atomic E-state index is 0.179. The van der Waals surface area contributed by atoms with Crippen LogP contribution in [0.15, 0.2) is 36.5 Å². The lowest BCUT2D eigenvalue weighted by Crippen LogP contribution is -2.20. The quantitative estimate of drug-likeness (QED) is 0.713. The molecule has 0 bridgehead atoms. The Labute approximate surface area is 150 Å². The molecule has 5 heteroatoms. The van der Waals surface area contributed by atoms with Gasteiger partial charge in [-0.2, -0.15) is 4.98 Å². The van der Waals surface area contributed by atoms with Crippen molar-refractivity contribution in [2.24, 2.45) is 0 Å². The van der Waals surface area contributed by atoms with Crippen LogP contribution >= 0.6 is 0 Å². The third-order valence-corrected chi connectivity index (χ3v) is 4.34. The van der Waals surface area contributed by atoms with Crippen LogP contribution in [0.2, 0.25) is 0 Å². The van der Waals surface area contributed by atoms with Gasteiger partial charge in [-0.25, -0.2) is 4.98 Å². The smallest absolute Gasteiger partial charge is 0.224 e. The molecule has 1 aliphatic rings. The number of anilines is 3. The van der Waals surface area contributed by atoms with Gasteiger partial charge in [0.1, 0.15) is 11.6 Å². The van der Waals surface area contributed by atoms with Crippen molar-refractivity contribution in [2.45, 2.75) is 64.5 Å². The van der Waals surface area contributed by atoms with Gasteiger partial charge < -0.3 is 15.4 Å². The molecule has 134 valence electrons. The van der Waals surface area contributed by atoms with E-state index in [1.165, 1.54) is 38.5 Å². The van der Waals surface area contributed by atoms with Crippen molar-refractivity contribution in [3.8, 4) is 5.75 Å². The Morgan fingerprint density at radius 1 is 1.00 bits per heavy atom. The zero-order valence-electron chi connectivity index (χ0n) is 15.2. The minimum atomic E-state index is 0.179. The van der Waals surface area contributed by atoms with E-state index in [2.05, 4.69) is 20.6 Å². The predicted octanol–water partition coefficient (Wildman–Crippen LogP) is 5.14. The molecule has 3 rings (SSSR count). The van der Waals surface area contributed by atoms with Crippen LogP contribution in [0.1, 0.15) is 52.4 Å². The van der Waals surface area contributed by atoms with Gasteiger partial charge >= 0.3 is 0 Å². The van der Waals surface area contributed by atoms with Gasteiger partial charge in [0, 0.05) is 17.9 Å². The van der Waals surface area contributed by atoms with E-state index in [9.17, 15) is 0 Å². The molecule has 0 spiro atoms. The van der Waals surface area contributed by atoms with Crippen molar-refractivity contribution in [1.82, 2.24) is 9.97 Å². The van der Waals surface area contributed by atoms with Gasteiger partial charge in [0.2, 0.25) is 5.95 Å². The van der Waals surface area contributed by atoms with Gasteiger partial charge in [-0.1, -0.05) is 25.7 Å². The molecule has 2 aromatic rings. The summed E-state index contributed by atoms with van der Waals surface area (Å²) >= 11 is 0. The molecule has 2 N–H and O–H groups in total. The maximum absolute atomic E-state index is 5.67. The van der Waals surface area contributed by atoms with Crippen molar-refractivity contribution in [3.63, 3.8) is 0 Å². The van der Waals surface area contributed by atoms with E-state index in [0.29, 0.717) is 12.0 Å². The van der Waals surface area contributed by atoms with Crippen LogP contribution in [0.5, 0.6) is 5.75 Å². The molecular formula is C20H28N4O. The fourth-order valence-corrected chi connectivity index (χ4v) is 3.14. The first-order chi connectivity index (χ1) is 12.2. The fourth-order valence-electron chi connectivity index (χ4n) is 3.14. The van der Waals surface area contributed by atoms with E-state index in [1.54, 1.807) is 6.20 Å². The lowest BCUT2D eigenvalue weighted by Gasteiger charge is -2.16. The lowest BCUT2D eigenvalue weighted by molar-refractivity contribution is 0.242. The van der Waals surface area contributed by atoms with Gasteiger partial charge in [0.15, 0.2) is 0 Å². The van der Waals surface area contributed by atoms with Crippen molar-refractivity contribution in [1.29, 1.82) is 0 Å². The van der Waals surface area contributed by atoms with Crippen LogP contribution in [0.4, 0.5) is 17.5 Å². The monoisotopic (exact) mass is 340 g/mol. The first-order valence-electron chi connectivity index (χ1n) is 9.32. The number of rotatable bonds is 6. The Kier molecular flexibility index (Phi) is 6.09. The van der Waals surface area contributed by atoms with Crippen molar-refractivity contribution in [3.05, 3.63) is 36.5 Å². The summed E-state index contributed by atoms with van der Waals surface area (Å²) < 4.78 is 5.67. The van der Waals surface area contributed by atoms with Gasteiger partial charge in [-0.15, -0.1) is 0 Å². The first-order valence-corrected chi connectivity index (χ1v) is 9.32. The highest BCUT2D eigenvalue weighted by molar-refractivity contribution is 5.57. The number of hydrogen-bond donors (Lipinski definition) is 2. The summed E-state index contributed by atoms with van der Waals surface area (Å²) in [6, 6.07) is 10.3. The summed E-state index contributed by atoms with van der Waals surface area (Å²) in [5, 5.41) is 6.82. The first kappa shape index (κ1) is 17.5. The SMILES string of the molecule is CC(C)Oc1ccc(Nc2ccnc(NC3CCCCCC3)n2)cc1. The number of ether oxygens (including phenoxy) is 1. The Morgan fingerprint density at radius 2 is 1.72 bits per heavy atom. The van der Waals surface area contributed by atoms with Crippen LogP contribution in [0.25, 0.3) is 0 Å². The van der Waals surface area contributed by atoms with Crippen LogP contribution < -0.4 is 15.4 Å². The van der Waals surface area contributed by atoms with Crippen LogP contribution in [0.3, 0.4) is 0 Å². The zero-order valence-corrected chi connectivity index (χ0v) is 15.2. The zero-order chi connectivity index (χ0) is 17.5. The normalized spacial score (nSPS) is 15.6. The molecule has 1 aromatic heterocycles. The number of benzene rings is 1. The second kappa shape index (κ2) is 8.70. The van der Waals surface area contributed by atoms with Crippen molar-refractivity contribution < 1.29 is 4.74 Å². The predicted molar refractivity (Wildman–Crippen MR) is 103 cm³/mol. The Morgan fingerprint density at radius 3 is 2.40 bits per heavy atom. The Hall–Kier alpha value is -2.30. The molecule has 0 atom stereocenters. The molecule has 1 aliphatic carbocycles. The van der Waals surface area contributed by atoms with Crippen LogP contribution in [0, 0.1) is 0 Å². The van der Waals surface area contributed by atoms with Crippen molar-refractivity contribution in [2.75, 3.05) is 10.6 Å². The van der Waals surface area contributed by atoms with Gasteiger partial charge in [0.05, 0.1) is 6.10 Å². The van der Waals surface area contributed by atoms with Crippen LogP contribution in [-0.2, 0) is 0 Å². The van der Waals surface area contributed by atoms with E-state index < -0.39 is 0 Å². The summed E-state index contributed by atoms with van der Waals surface area (Å²) in [6.07, 6.45) is 9.66. The average molecular weight is 340 g/mol. The maximum atomic E-state index is 5.67. The maximum Gasteiger partial charge on any atom is 0.224 e. The summed E-state index contributed by atoms with van der Waals surface area (Å²) in [5.74, 6) is 2.37. The van der Waals surface area contributed by atoms with E-state index >= 15 is 0 Å². The Bertz CT molecular complexity index is 649. The highest BCUT2D eigenvalue weighted by Gasteiger charge is 2.13. The molecule has 1 saturated carbocycles. The molecular weight excluding hydrogens is 312 g/mol. The molecule has 0 amide bonds. The topological polar surface area (TPSA) is 59.1 Å². The minimum Gasteiger partial charge on any atom is -0.491 e. The van der Waals surface area contributed by atoms with E-state index in [4.69, 9.17) is 4.74 Å². The van der Waals surface area contributed by atoms with Gasteiger partial charge in [-0.3, -0.25) is 0 Å². The lowest BCUT2D eigenvalue weighted by atomic mass is 10.1. The summed E-state index contributed by atoms with van der Waals surface area (Å²) in [7, 11) is 0. The molecule has 0 radical (unpaired) electrons. The second-order valence-electron chi connectivity index (χ2n) is 6.91. The van der Waals surface area contributed by atoms with Crippen LogP contribution in [-0.4, -0.2) is 22.1 Å². The molecule has 1 heterocycles. The Balaban J connectivity index is 1.61. The number of aromatic nitrogens is 2.